The molecule has 0 aliphatic rings. The molecule has 0 aliphatic heterocycles. The van der Waals surface area contributed by atoms with Crippen LogP contribution in [0.5, 0.6) is 0 Å². The normalized spacial score (nSPS) is 14.2. The fourth-order valence-corrected chi connectivity index (χ4v) is 4.24. The smallest absolute Gasteiger partial charge is 0.245 e. The average Bonchev–Trinajstić information content (AvgIpc) is 2.95. The highest BCUT2D eigenvalue weighted by atomic mass is 79.9. The molecule has 0 aliphatic carbocycles. The number of benzene rings is 1. The highest BCUT2D eigenvalue weighted by Gasteiger charge is 2.32. The Hall–Kier alpha value is -0.960. The fourth-order valence-electron chi connectivity index (χ4n) is 1.91. The maximum absolute atomic E-state index is 12.8. The van der Waals surface area contributed by atoms with Gasteiger partial charge in [0, 0.05) is 16.9 Å². The van der Waals surface area contributed by atoms with Crippen molar-refractivity contribution in [2.45, 2.75) is 44.0 Å². The van der Waals surface area contributed by atoms with Gasteiger partial charge >= 0.3 is 0 Å². The summed E-state index contributed by atoms with van der Waals surface area (Å²) in [6, 6.07) is 4.00. The van der Waals surface area contributed by atoms with Crippen LogP contribution in [0.1, 0.15) is 45.5 Å². The predicted octanol–water partition coefficient (Wildman–Crippen LogP) is 4.16. The maximum Gasteiger partial charge on any atom is 0.245 e. The van der Waals surface area contributed by atoms with Gasteiger partial charge in [0.1, 0.15) is 10.9 Å². The van der Waals surface area contributed by atoms with Gasteiger partial charge in [0.15, 0.2) is 0 Å². The van der Waals surface area contributed by atoms with Gasteiger partial charge in [-0.25, -0.2) is 8.42 Å². The second-order valence-corrected chi connectivity index (χ2v) is 9.76. The van der Waals surface area contributed by atoms with Crippen molar-refractivity contribution < 1.29 is 12.8 Å². The minimum Gasteiger partial charge on any atom is -0.423 e. The van der Waals surface area contributed by atoms with E-state index in [0.717, 1.165) is 0 Å². The lowest BCUT2D eigenvalue weighted by atomic mass is 9.97. The number of hydrogen-bond donors (Lipinski definition) is 0. The summed E-state index contributed by atoms with van der Waals surface area (Å²) >= 11 is 9.35. The molecule has 24 heavy (non-hydrogen) atoms. The van der Waals surface area contributed by atoms with E-state index in [1.807, 2.05) is 20.8 Å². The van der Waals surface area contributed by atoms with Crippen molar-refractivity contribution in [2.75, 3.05) is 7.05 Å². The zero-order valence-corrected chi connectivity index (χ0v) is 17.2. The molecule has 1 aromatic carbocycles. The van der Waals surface area contributed by atoms with Gasteiger partial charge in [0.05, 0.1) is 5.02 Å². The number of rotatable bonds is 4. The van der Waals surface area contributed by atoms with E-state index in [1.165, 1.54) is 23.5 Å². The molecule has 9 heteroatoms. The zero-order valence-electron chi connectivity index (χ0n) is 14.0. The Morgan fingerprint density at radius 3 is 2.42 bits per heavy atom. The van der Waals surface area contributed by atoms with E-state index in [0.29, 0.717) is 10.4 Å². The third kappa shape index (κ3) is 3.82. The van der Waals surface area contributed by atoms with E-state index in [9.17, 15) is 8.42 Å². The minimum atomic E-state index is -3.81. The molecule has 0 spiro atoms. The predicted molar refractivity (Wildman–Crippen MR) is 95.5 cm³/mol. The summed E-state index contributed by atoms with van der Waals surface area (Å²) in [4.78, 5) is 0.0253. The van der Waals surface area contributed by atoms with Crippen LogP contribution < -0.4 is 0 Å². The Morgan fingerprint density at radius 1 is 1.29 bits per heavy atom. The molecule has 1 heterocycles. The lowest BCUT2D eigenvalue weighted by Gasteiger charge is -2.22. The largest absolute Gasteiger partial charge is 0.423 e. The van der Waals surface area contributed by atoms with Crippen LogP contribution in [0.3, 0.4) is 0 Å². The first-order valence-electron chi connectivity index (χ1n) is 7.21. The van der Waals surface area contributed by atoms with Gasteiger partial charge in [0.25, 0.3) is 0 Å². The summed E-state index contributed by atoms with van der Waals surface area (Å²) in [5.74, 6) is 0.691. The van der Waals surface area contributed by atoms with Crippen molar-refractivity contribution in [2.24, 2.45) is 0 Å². The molecule has 1 atom stereocenters. The summed E-state index contributed by atoms with van der Waals surface area (Å²) in [5.41, 5.74) is -0.308. The SMILES string of the molecule is CC(c1nnc(C(C)(C)C)o1)N(C)S(=O)(=O)c1ccc(Br)cc1Cl. The number of aromatic nitrogens is 2. The van der Waals surface area contributed by atoms with E-state index in [1.54, 1.807) is 13.0 Å². The van der Waals surface area contributed by atoms with Crippen molar-refractivity contribution in [3.8, 4) is 0 Å². The van der Waals surface area contributed by atoms with Crippen LogP contribution in [0.2, 0.25) is 5.02 Å². The molecule has 1 unspecified atom stereocenters. The molecule has 0 saturated heterocycles. The topological polar surface area (TPSA) is 76.3 Å². The molecule has 0 fully saturated rings. The molecule has 1 aromatic heterocycles. The molecule has 6 nitrogen and oxygen atoms in total. The highest BCUT2D eigenvalue weighted by molar-refractivity contribution is 9.10. The molecule has 0 radical (unpaired) electrons. The van der Waals surface area contributed by atoms with Gasteiger partial charge < -0.3 is 4.42 Å². The lowest BCUT2D eigenvalue weighted by molar-refractivity contribution is 0.301. The Labute approximate surface area is 155 Å². The number of sulfonamides is 1. The summed E-state index contributed by atoms with van der Waals surface area (Å²) < 4.78 is 33.2. The monoisotopic (exact) mass is 435 g/mol. The molecule has 132 valence electrons. The first-order valence-corrected chi connectivity index (χ1v) is 9.82. The molecule has 2 rings (SSSR count). The zero-order chi connectivity index (χ0) is 18.3. The Kier molecular flexibility index (Phi) is 5.44. The quantitative estimate of drug-likeness (QED) is 0.719. The van der Waals surface area contributed by atoms with Gasteiger partial charge in [-0.15, -0.1) is 10.2 Å². The van der Waals surface area contributed by atoms with Crippen LogP contribution in [0.4, 0.5) is 0 Å². The van der Waals surface area contributed by atoms with Crippen molar-refractivity contribution in [1.29, 1.82) is 0 Å². The van der Waals surface area contributed by atoms with E-state index in [-0.39, 0.29) is 21.2 Å². The minimum absolute atomic E-state index is 0.0253. The summed E-state index contributed by atoms with van der Waals surface area (Å²) in [7, 11) is -2.35. The van der Waals surface area contributed by atoms with Gasteiger partial charge in [-0.2, -0.15) is 4.31 Å². The van der Waals surface area contributed by atoms with Crippen LogP contribution in [0, 0.1) is 0 Å². The van der Waals surface area contributed by atoms with Crippen LogP contribution >= 0.6 is 27.5 Å². The van der Waals surface area contributed by atoms with E-state index < -0.39 is 16.1 Å². The Balaban J connectivity index is 2.35. The summed E-state index contributed by atoms with van der Waals surface area (Å²) in [6.45, 7) is 7.51. The number of hydrogen-bond acceptors (Lipinski definition) is 5. The number of halogens is 2. The first kappa shape index (κ1) is 19.4. The van der Waals surface area contributed by atoms with E-state index in [4.69, 9.17) is 16.0 Å². The molecule has 0 amide bonds. The molecule has 0 saturated carbocycles. The first-order chi connectivity index (χ1) is 10.9. The van der Waals surface area contributed by atoms with Crippen molar-refractivity contribution in [3.05, 3.63) is 39.5 Å². The fraction of sp³-hybridized carbons (Fsp3) is 0.467. The number of nitrogens with zero attached hydrogens (tertiary/aromatic N) is 3. The van der Waals surface area contributed by atoms with Crippen LogP contribution in [-0.4, -0.2) is 30.0 Å². The highest BCUT2D eigenvalue weighted by Crippen LogP contribution is 2.32. The van der Waals surface area contributed by atoms with Gasteiger partial charge in [-0.1, -0.05) is 48.3 Å². The third-order valence-corrected chi connectivity index (χ3v) is 6.44. The molecular weight excluding hydrogens is 418 g/mol. The molecular formula is C15H19BrClN3O3S. The molecule has 0 N–H and O–H groups in total. The summed E-state index contributed by atoms with van der Waals surface area (Å²) in [5, 5.41) is 8.13. The van der Waals surface area contributed by atoms with Crippen LogP contribution in [-0.2, 0) is 15.4 Å². The third-order valence-electron chi connectivity index (χ3n) is 3.54. The lowest BCUT2D eigenvalue weighted by Crippen LogP contribution is -2.30. The maximum atomic E-state index is 12.8. The Morgan fingerprint density at radius 2 is 1.92 bits per heavy atom. The second kappa shape index (κ2) is 6.74. The van der Waals surface area contributed by atoms with Crippen LogP contribution in [0.25, 0.3) is 0 Å². The Bertz CT molecular complexity index is 846. The second-order valence-electron chi connectivity index (χ2n) is 6.47. The van der Waals surface area contributed by atoms with Gasteiger partial charge in [0.2, 0.25) is 21.8 Å². The van der Waals surface area contributed by atoms with Gasteiger partial charge in [-0.05, 0) is 25.1 Å². The van der Waals surface area contributed by atoms with Crippen LogP contribution in [0.15, 0.2) is 32.0 Å². The van der Waals surface area contributed by atoms with Gasteiger partial charge in [-0.3, -0.25) is 0 Å². The standard InChI is InChI=1S/C15H19BrClN3O3S/c1-9(13-18-19-14(23-13)15(2,3)4)20(5)24(21,22)12-7-6-10(16)8-11(12)17/h6-9H,1-5H3. The van der Waals surface area contributed by atoms with Crippen molar-refractivity contribution >= 4 is 37.6 Å². The van der Waals surface area contributed by atoms with E-state index >= 15 is 0 Å². The summed E-state index contributed by atoms with van der Waals surface area (Å²) in [6.07, 6.45) is 0. The van der Waals surface area contributed by atoms with Crippen molar-refractivity contribution in [1.82, 2.24) is 14.5 Å². The van der Waals surface area contributed by atoms with E-state index in [2.05, 4.69) is 26.1 Å². The van der Waals surface area contributed by atoms with Crippen molar-refractivity contribution in [3.63, 3.8) is 0 Å². The average molecular weight is 437 g/mol. The molecule has 0 bridgehead atoms. The molecule has 2 aromatic rings.